The molecule has 0 spiro atoms. The molecule has 0 aromatic heterocycles. The molecule has 0 amide bonds. The lowest BCUT2D eigenvalue weighted by molar-refractivity contribution is 0.267. The fraction of sp³-hybridized carbons (Fsp3) is 0.217. The van der Waals surface area contributed by atoms with Gasteiger partial charge in [0.25, 0.3) is 0 Å². The molecule has 0 unspecified atom stereocenters. The number of hydrogen-bond donors (Lipinski definition) is 1. The average Bonchev–Trinajstić information content (AvgIpc) is 2.73. The van der Waals surface area contributed by atoms with Crippen LogP contribution in [0, 0.1) is 0 Å². The maximum absolute atomic E-state index is 6.04. The van der Waals surface area contributed by atoms with Crippen molar-refractivity contribution >= 4 is 33.2 Å². The zero-order valence-corrected chi connectivity index (χ0v) is 18.7. The second kappa shape index (κ2) is 10.4. The van der Waals surface area contributed by atoms with Crippen LogP contribution in [0.25, 0.3) is 0 Å². The zero-order chi connectivity index (χ0) is 20.6. The first-order valence-corrected chi connectivity index (χ1v) is 10.5. The topological polar surface area (TPSA) is 39.7 Å². The Morgan fingerprint density at radius 2 is 1.66 bits per heavy atom. The third-order valence-corrected chi connectivity index (χ3v) is 5.09. The van der Waals surface area contributed by atoms with Crippen molar-refractivity contribution in [1.29, 1.82) is 0 Å². The Balaban J connectivity index is 1.71. The highest BCUT2D eigenvalue weighted by molar-refractivity contribution is 9.10. The van der Waals surface area contributed by atoms with Crippen LogP contribution in [0.15, 0.2) is 65.1 Å². The second-order valence-electron chi connectivity index (χ2n) is 6.34. The van der Waals surface area contributed by atoms with Crippen LogP contribution in [0.3, 0.4) is 0 Å². The van der Waals surface area contributed by atoms with Gasteiger partial charge in [0.05, 0.1) is 18.2 Å². The molecule has 0 heterocycles. The van der Waals surface area contributed by atoms with Gasteiger partial charge in [-0.15, -0.1) is 0 Å². The van der Waals surface area contributed by atoms with Gasteiger partial charge in [-0.25, -0.2) is 0 Å². The molecule has 3 rings (SSSR count). The van der Waals surface area contributed by atoms with Gasteiger partial charge in [-0.05, 0) is 82.5 Å². The molecule has 3 aromatic rings. The highest BCUT2D eigenvalue weighted by Gasteiger charge is 2.13. The predicted molar refractivity (Wildman–Crippen MR) is 121 cm³/mol. The monoisotopic (exact) mass is 475 g/mol. The maximum atomic E-state index is 6.04. The van der Waals surface area contributed by atoms with E-state index in [1.807, 2.05) is 67.6 Å². The van der Waals surface area contributed by atoms with E-state index in [9.17, 15) is 0 Å². The number of rotatable bonds is 9. The van der Waals surface area contributed by atoms with Crippen LogP contribution in [-0.2, 0) is 13.2 Å². The molecule has 0 aliphatic rings. The van der Waals surface area contributed by atoms with E-state index in [2.05, 4.69) is 21.2 Å². The summed E-state index contributed by atoms with van der Waals surface area (Å²) in [5.41, 5.74) is 3.13. The largest absolute Gasteiger partial charge is 0.497 e. The lowest BCUT2D eigenvalue weighted by Crippen LogP contribution is -2.04. The first-order chi connectivity index (χ1) is 14.1. The number of ether oxygens (including phenoxy) is 3. The van der Waals surface area contributed by atoms with E-state index in [0.717, 1.165) is 27.0 Å². The minimum atomic E-state index is 0.430. The lowest BCUT2D eigenvalue weighted by Gasteiger charge is -2.16. The normalized spacial score (nSPS) is 10.5. The van der Waals surface area contributed by atoms with E-state index in [1.165, 1.54) is 0 Å². The van der Waals surface area contributed by atoms with Crippen molar-refractivity contribution < 1.29 is 14.2 Å². The molecule has 0 saturated heterocycles. The summed E-state index contributed by atoms with van der Waals surface area (Å²) < 4.78 is 17.9. The van der Waals surface area contributed by atoms with Crippen molar-refractivity contribution in [3.05, 3.63) is 81.3 Å². The van der Waals surface area contributed by atoms with Crippen LogP contribution in [0.4, 0.5) is 5.69 Å². The number of nitrogens with one attached hydrogen (secondary N) is 1. The summed E-state index contributed by atoms with van der Waals surface area (Å²) in [5.74, 6) is 2.23. The molecule has 3 aromatic carbocycles. The van der Waals surface area contributed by atoms with Gasteiger partial charge in [-0.1, -0.05) is 23.7 Å². The van der Waals surface area contributed by atoms with Gasteiger partial charge in [-0.2, -0.15) is 0 Å². The third kappa shape index (κ3) is 6.05. The Morgan fingerprint density at radius 1 is 0.931 bits per heavy atom. The molecule has 0 radical (unpaired) electrons. The van der Waals surface area contributed by atoms with Gasteiger partial charge in [0.1, 0.15) is 12.4 Å². The Bertz CT molecular complexity index is 930. The third-order valence-electron chi connectivity index (χ3n) is 4.25. The Labute approximate surface area is 184 Å². The molecule has 0 aliphatic heterocycles. The number of halogens is 2. The molecule has 1 N–H and O–H groups in total. The van der Waals surface area contributed by atoms with E-state index >= 15 is 0 Å². The van der Waals surface area contributed by atoms with E-state index in [1.54, 1.807) is 7.11 Å². The molecule has 0 fully saturated rings. The predicted octanol–water partition coefficient (Wildman–Crippen LogP) is 6.70. The molecular formula is C23H23BrClNO3. The number of anilines is 1. The molecule has 4 nitrogen and oxygen atoms in total. The van der Waals surface area contributed by atoms with E-state index < -0.39 is 0 Å². The Morgan fingerprint density at radius 3 is 2.31 bits per heavy atom. The highest BCUT2D eigenvalue weighted by Crippen LogP contribution is 2.37. The van der Waals surface area contributed by atoms with Gasteiger partial charge in [0.2, 0.25) is 0 Å². The SMILES string of the molecule is CCOc1cc(CNc2ccc(OC)cc2)cc(Br)c1OCc1ccc(Cl)cc1. The molecule has 152 valence electrons. The van der Waals surface area contributed by atoms with Crippen molar-refractivity contribution in [2.75, 3.05) is 19.0 Å². The van der Waals surface area contributed by atoms with Crippen molar-refractivity contribution in [2.45, 2.75) is 20.1 Å². The maximum Gasteiger partial charge on any atom is 0.175 e. The summed E-state index contributed by atoms with van der Waals surface area (Å²) in [4.78, 5) is 0. The molecule has 29 heavy (non-hydrogen) atoms. The molecule has 0 bridgehead atoms. The minimum absolute atomic E-state index is 0.430. The van der Waals surface area contributed by atoms with Gasteiger partial charge in [0, 0.05) is 17.3 Å². The highest BCUT2D eigenvalue weighted by atomic mass is 79.9. The van der Waals surface area contributed by atoms with Crippen LogP contribution in [0.1, 0.15) is 18.1 Å². The minimum Gasteiger partial charge on any atom is -0.497 e. The van der Waals surface area contributed by atoms with Crippen molar-refractivity contribution in [3.63, 3.8) is 0 Å². The van der Waals surface area contributed by atoms with Crippen LogP contribution in [0.5, 0.6) is 17.2 Å². The molecular weight excluding hydrogens is 454 g/mol. The standard InChI is InChI=1S/C23H23BrClNO3/c1-3-28-22-13-17(14-26-19-8-10-20(27-2)11-9-19)12-21(24)23(22)29-15-16-4-6-18(25)7-5-16/h4-13,26H,3,14-15H2,1-2H3. The van der Waals surface area contributed by atoms with Gasteiger partial charge in [-0.3, -0.25) is 0 Å². The molecule has 0 atom stereocenters. The first-order valence-electron chi connectivity index (χ1n) is 9.29. The second-order valence-corrected chi connectivity index (χ2v) is 7.63. The first kappa shape index (κ1) is 21.3. The average molecular weight is 477 g/mol. The van der Waals surface area contributed by atoms with Crippen LogP contribution in [-0.4, -0.2) is 13.7 Å². The van der Waals surface area contributed by atoms with Crippen LogP contribution in [0.2, 0.25) is 5.02 Å². The van der Waals surface area contributed by atoms with Gasteiger partial charge >= 0.3 is 0 Å². The van der Waals surface area contributed by atoms with E-state index in [4.69, 9.17) is 25.8 Å². The van der Waals surface area contributed by atoms with Gasteiger partial charge < -0.3 is 19.5 Å². The summed E-state index contributed by atoms with van der Waals surface area (Å²) in [6.07, 6.45) is 0. The number of hydrogen-bond acceptors (Lipinski definition) is 4. The summed E-state index contributed by atoms with van der Waals surface area (Å²) in [5, 5.41) is 4.11. The smallest absolute Gasteiger partial charge is 0.175 e. The van der Waals surface area contributed by atoms with Gasteiger partial charge in [0.15, 0.2) is 11.5 Å². The fourth-order valence-electron chi connectivity index (χ4n) is 2.78. The summed E-state index contributed by atoms with van der Waals surface area (Å²) in [6, 6.07) is 19.5. The summed E-state index contributed by atoms with van der Waals surface area (Å²) in [7, 11) is 1.66. The number of methoxy groups -OCH3 is 1. The zero-order valence-electron chi connectivity index (χ0n) is 16.4. The van der Waals surface area contributed by atoms with Crippen molar-refractivity contribution in [3.8, 4) is 17.2 Å². The van der Waals surface area contributed by atoms with Crippen LogP contribution < -0.4 is 19.5 Å². The summed E-state index contributed by atoms with van der Waals surface area (Å²) >= 11 is 9.57. The lowest BCUT2D eigenvalue weighted by atomic mass is 10.2. The Hall–Kier alpha value is -2.37. The molecule has 6 heteroatoms. The number of benzene rings is 3. The van der Waals surface area contributed by atoms with E-state index in [-0.39, 0.29) is 0 Å². The van der Waals surface area contributed by atoms with E-state index in [0.29, 0.717) is 36.3 Å². The Kier molecular flexibility index (Phi) is 7.67. The van der Waals surface area contributed by atoms with Crippen molar-refractivity contribution in [2.24, 2.45) is 0 Å². The van der Waals surface area contributed by atoms with Crippen LogP contribution >= 0.6 is 27.5 Å². The fourth-order valence-corrected chi connectivity index (χ4v) is 3.51. The van der Waals surface area contributed by atoms with Crippen molar-refractivity contribution in [1.82, 2.24) is 0 Å². The molecule has 0 saturated carbocycles. The summed E-state index contributed by atoms with van der Waals surface area (Å²) in [6.45, 7) is 3.60. The molecule has 0 aliphatic carbocycles. The quantitative estimate of drug-likeness (QED) is 0.373.